The number of rotatable bonds is 7. The number of nitrogens with zero attached hydrogens (tertiary/aromatic N) is 4. The number of H-pyrrole nitrogens is 1. The van der Waals surface area contributed by atoms with Gasteiger partial charge in [-0.15, -0.1) is 0 Å². The summed E-state index contributed by atoms with van der Waals surface area (Å²) in [4.78, 5) is 30.3. The van der Waals surface area contributed by atoms with Crippen LogP contribution < -0.4 is 5.32 Å². The number of carbonyl (C=O) groups excluding carboxylic acids is 1. The van der Waals surface area contributed by atoms with Gasteiger partial charge >= 0.3 is 0 Å². The van der Waals surface area contributed by atoms with Crippen LogP contribution in [0.5, 0.6) is 0 Å². The van der Waals surface area contributed by atoms with Gasteiger partial charge < -0.3 is 15.2 Å². The zero-order valence-corrected chi connectivity index (χ0v) is 16.2. The maximum Gasteiger partial charge on any atom is 0.223 e. The summed E-state index contributed by atoms with van der Waals surface area (Å²) in [5.41, 5.74) is 4.17. The van der Waals surface area contributed by atoms with E-state index in [-0.39, 0.29) is 11.9 Å². The van der Waals surface area contributed by atoms with Crippen molar-refractivity contribution in [3.63, 3.8) is 0 Å². The largest absolute Gasteiger partial charge is 0.368 e. The van der Waals surface area contributed by atoms with E-state index in [0.717, 1.165) is 50.1 Å². The van der Waals surface area contributed by atoms with Crippen LogP contribution in [-0.2, 0) is 11.2 Å². The van der Waals surface area contributed by atoms with E-state index in [1.165, 1.54) is 17.5 Å². The molecule has 4 rings (SSSR count). The van der Waals surface area contributed by atoms with Gasteiger partial charge in [0.05, 0.1) is 12.4 Å². The number of aromatic nitrogens is 4. The van der Waals surface area contributed by atoms with Gasteiger partial charge in [-0.1, -0.05) is 30.7 Å². The first-order valence-corrected chi connectivity index (χ1v) is 9.99. The molecule has 1 atom stereocenters. The summed E-state index contributed by atoms with van der Waals surface area (Å²) in [6.07, 6.45) is 7.62. The lowest BCUT2D eigenvalue weighted by molar-refractivity contribution is -0.133. The molecule has 0 aliphatic carbocycles. The SMILES string of the molecule is CC1c2ccccc2CCN1C(=O)CCCCCNc1ncnc2nc[nH]c12. The Hall–Kier alpha value is -2.96. The van der Waals surface area contributed by atoms with Crippen molar-refractivity contribution in [3.05, 3.63) is 48.0 Å². The van der Waals surface area contributed by atoms with Gasteiger partial charge in [0, 0.05) is 19.5 Å². The minimum absolute atomic E-state index is 0.175. The average Bonchev–Trinajstić information content (AvgIpc) is 3.20. The number of benzene rings is 1. The van der Waals surface area contributed by atoms with Crippen molar-refractivity contribution in [2.24, 2.45) is 0 Å². The molecule has 7 heteroatoms. The number of fused-ring (bicyclic) bond motifs is 2. The molecule has 1 aromatic carbocycles. The predicted molar refractivity (Wildman–Crippen MR) is 109 cm³/mol. The third-order valence-electron chi connectivity index (χ3n) is 5.50. The van der Waals surface area contributed by atoms with Gasteiger partial charge in [0.1, 0.15) is 11.8 Å². The fourth-order valence-corrected chi connectivity index (χ4v) is 3.94. The van der Waals surface area contributed by atoms with Gasteiger partial charge in [0.15, 0.2) is 11.5 Å². The van der Waals surface area contributed by atoms with E-state index >= 15 is 0 Å². The van der Waals surface area contributed by atoms with Crippen LogP contribution in [0.1, 0.15) is 49.8 Å². The predicted octanol–water partition coefficient (Wildman–Crippen LogP) is 3.47. The molecule has 146 valence electrons. The second-order valence-corrected chi connectivity index (χ2v) is 7.27. The third-order valence-corrected chi connectivity index (χ3v) is 5.50. The Bertz CT molecular complexity index is 953. The summed E-state index contributed by atoms with van der Waals surface area (Å²) in [5, 5.41) is 3.33. The number of imidazole rings is 1. The highest BCUT2D eigenvalue weighted by atomic mass is 16.2. The lowest BCUT2D eigenvalue weighted by atomic mass is 9.93. The topological polar surface area (TPSA) is 86.8 Å². The molecule has 0 bridgehead atoms. The van der Waals surface area contributed by atoms with Crippen molar-refractivity contribution in [1.82, 2.24) is 24.8 Å². The molecular weight excluding hydrogens is 352 g/mol. The molecule has 1 aliphatic heterocycles. The van der Waals surface area contributed by atoms with Crippen molar-refractivity contribution in [3.8, 4) is 0 Å². The number of amides is 1. The second-order valence-electron chi connectivity index (χ2n) is 7.27. The molecule has 2 N–H and O–H groups in total. The Kier molecular flexibility index (Phi) is 5.50. The molecule has 0 spiro atoms. The summed E-state index contributed by atoms with van der Waals surface area (Å²) >= 11 is 0. The van der Waals surface area contributed by atoms with Crippen LogP contribution in [0.25, 0.3) is 11.2 Å². The van der Waals surface area contributed by atoms with Crippen molar-refractivity contribution in [2.45, 2.75) is 45.1 Å². The Labute approximate surface area is 164 Å². The molecule has 28 heavy (non-hydrogen) atoms. The molecule has 0 fully saturated rings. The number of anilines is 1. The van der Waals surface area contributed by atoms with E-state index < -0.39 is 0 Å². The molecule has 0 saturated carbocycles. The number of hydrogen-bond donors (Lipinski definition) is 2. The molecule has 2 aromatic heterocycles. The minimum Gasteiger partial charge on any atom is -0.368 e. The van der Waals surface area contributed by atoms with E-state index in [1.54, 1.807) is 6.33 Å². The van der Waals surface area contributed by atoms with Crippen LogP contribution in [0.3, 0.4) is 0 Å². The summed E-state index contributed by atoms with van der Waals surface area (Å²) in [5.74, 6) is 1.05. The lowest BCUT2D eigenvalue weighted by Gasteiger charge is -2.35. The molecule has 3 heterocycles. The van der Waals surface area contributed by atoms with Gasteiger partial charge in [-0.25, -0.2) is 15.0 Å². The zero-order valence-electron chi connectivity index (χ0n) is 16.2. The Morgan fingerprint density at radius 2 is 2.11 bits per heavy atom. The molecule has 0 radical (unpaired) electrons. The first-order chi connectivity index (χ1) is 13.7. The molecule has 7 nitrogen and oxygen atoms in total. The maximum absolute atomic E-state index is 12.7. The summed E-state index contributed by atoms with van der Waals surface area (Å²) in [7, 11) is 0. The van der Waals surface area contributed by atoms with Crippen molar-refractivity contribution < 1.29 is 4.79 Å². The lowest BCUT2D eigenvalue weighted by Crippen LogP contribution is -2.38. The molecule has 1 amide bonds. The number of unbranched alkanes of at least 4 members (excludes halogenated alkanes) is 2. The molecule has 3 aromatic rings. The summed E-state index contributed by atoms with van der Waals surface area (Å²) in [6, 6.07) is 8.64. The number of hydrogen-bond acceptors (Lipinski definition) is 5. The van der Waals surface area contributed by atoms with E-state index in [0.29, 0.717) is 12.1 Å². The van der Waals surface area contributed by atoms with Crippen LogP contribution in [-0.4, -0.2) is 43.8 Å². The van der Waals surface area contributed by atoms with E-state index in [4.69, 9.17) is 0 Å². The second kappa shape index (κ2) is 8.37. The number of carbonyl (C=O) groups is 1. The standard InChI is InChI=1S/C21H26N6O/c1-15-17-8-5-4-7-16(17)10-12-27(15)18(28)9-3-2-6-11-22-20-19-21(24-13-23-19)26-14-25-20/h4-5,7-8,13-15H,2-3,6,9-12H2,1H3,(H2,22,23,24,25,26). The average molecular weight is 378 g/mol. The Morgan fingerprint density at radius 3 is 3.04 bits per heavy atom. The van der Waals surface area contributed by atoms with E-state index in [2.05, 4.69) is 56.4 Å². The first kappa shape index (κ1) is 18.4. The smallest absolute Gasteiger partial charge is 0.223 e. The van der Waals surface area contributed by atoms with E-state index in [9.17, 15) is 4.79 Å². The fraction of sp³-hybridized carbons (Fsp3) is 0.429. The molecular formula is C21H26N6O. The number of nitrogens with one attached hydrogen (secondary N) is 2. The summed E-state index contributed by atoms with van der Waals surface area (Å²) < 4.78 is 0. The first-order valence-electron chi connectivity index (χ1n) is 9.99. The molecule has 1 aliphatic rings. The van der Waals surface area contributed by atoms with Crippen LogP contribution in [0, 0.1) is 0 Å². The monoisotopic (exact) mass is 378 g/mol. The van der Waals surface area contributed by atoms with E-state index in [1.807, 2.05) is 4.90 Å². The van der Waals surface area contributed by atoms with Crippen LogP contribution >= 0.6 is 0 Å². The normalized spacial score (nSPS) is 16.2. The van der Waals surface area contributed by atoms with Crippen molar-refractivity contribution in [2.75, 3.05) is 18.4 Å². The zero-order chi connectivity index (χ0) is 19.3. The van der Waals surface area contributed by atoms with Gasteiger partial charge in [-0.2, -0.15) is 0 Å². The Balaban J connectivity index is 1.20. The fourth-order valence-electron chi connectivity index (χ4n) is 3.94. The van der Waals surface area contributed by atoms with Gasteiger partial charge in [-0.3, -0.25) is 4.79 Å². The van der Waals surface area contributed by atoms with Crippen molar-refractivity contribution >= 4 is 22.9 Å². The minimum atomic E-state index is 0.175. The number of aromatic amines is 1. The third kappa shape index (κ3) is 3.83. The van der Waals surface area contributed by atoms with Crippen molar-refractivity contribution in [1.29, 1.82) is 0 Å². The maximum atomic E-state index is 12.7. The molecule has 0 saturated heterocycles. The highest BCUT2D eigenvalue weighted by Gasteiger charge is 2.26. The molecule has 1 unspecified atom stereocenters. The highest BCUT2D eigenvalue weighted by molar-refractivity contribution is 5.81. The Morgan fingerprint density at radius 1 is 1.21 bits per heavy atom. The highest BCUT2D eigenvalue weighted by Crippen LogP contribution is 2.29. The van der Waals surface area contributed by atoms with Gasteiger partial charge in [0.2, 0.25) is 5.91 Å². The van der Waals surface area contributed by atoms with Gasteiger partial charge in [0.25, 0.3) is 0 Å². The van der Waals surface area contributed by atoms with Gasteiger partial charge in [-0.05, 0) is 37.3 Å². The van der Waals surface area contributed by atoms with Crippen LogP contribution in [0.15, 0.2) is 36.9 Å². The van der Waals surface area contributed by atoms with Crippen LogP contribution in [0.4, 0.5) is 5.82 Å². The quantitative estimate of drug-likeness (QED) is 0.615. The van der Waals surface area contributed by atoms with Crippen LogP contribution in [0.2, 0.25) is 0 Å². The summed E-state index contributed by atoms with van der Waals surface area (Å²) in [6.45, 7) is 3.77.